The molecule has 130 valence electrons. The van der Waals surface area contributed by atoms with Crippen molar-refractivity contribution in [2.24, 2.45) is 5.92 Å². The average Bonchev–Trinajstić information content (AvgIpc) is 2.65. The van der Waals surface area contributed by atoms with Crippen LogP contribution in [-0.2, 0) is 6.42 Å². The molecule has 0 aromatic heterocycles. The highest BCUT2D eigenvalue weighted by molar-refractivity contribution is 5.76. The average molecular weight is 338 g/mol. The first-order chi connectivity index (χ1) is 12.2. The Labute approximate surface area is 148 Å². The summed E-state index contributed by atoms with van der Waals surface area (Å²) in [4.78, 5) is 14.1. The molecule has 2 aromatic rings. The van der Waals surface area contributed by atoms with Crippen LogP contribution >= 0.6 is 0 Å². The number of likely N-dealkylation sites (tertiary alicyclic amines) is 1. The number of piperidine rings is 1. The first-order valence-corrected chi connectivity index (χ1v) is 8.72. The SMILES string of the molecule is O=C(N/C=C/c1ccc(F)cc1)N1CCC(Cc2ccccc2)CC1. The van der Waals surface area contributed by atoms with Gasteiger partial charge < -0.3 is 10.2 Å². The van der Waals surface area contributed by atoms with Gasteiger partial charge in [-0.3, -0.25) is 0 Å². The molecule has 4 heteroatoms. The number of carbonyl (C=O) groups excluding carboxylic acids is 1. The molecule has 1 saturated heterocycles. The van der Waals surface area contributed by atoms with Gasteiger partial charge >= 0.3 is 6.03 Å². The van der Waals surface area contributed by atoms with Gasteiger partial charge in [-0.15, -0.1) is 0 Å². The largest absolute Gasteiger partial charge is 0.325 e. The molecule has 0 spiro atoms. The maximum Gasteiger partial charge on any atom is 0.321 e. The van der Waals surface area contributed by atoms with E-state index in [9.17, 15) is 9.18 Å². The lowest BCUT2D eigenvalue weighted by Gasteiger charge is -2.31. The standard InChI is InChI=1S/C21H23FN2O/c22-20-8-6-17(7-9-20)10-13-23-21(25)24-14-11-19(12-15-24)16-18-4-2-1-3-5-18/h1-10,13,19H,11-12,14-16H2,(H,23,25)/b13-10+. The van der Waals surface area contributed by atoms with Crippen LogP contribution < -0.4 is 5.32 Å². The summed E-state index contributed by atoms with van der Waals surface area (Å²) in [5.41, 5.74) is 2.22. The van der Waals surface area contributed by atoms with Gasteiger partial charge in [0, 0.05) is 19.3 Å². The van der Waals surface area contributed by atoms with Crippen molar-refractivity contribution in [2.45, 2.75) is 19.3 Å². The van der Waals surface area contributed by atoms with Crippen LogP contribution in [0.5, 0.6) is 0 Å². The van der Waals surface area contributed by atoms with E-state index in [1.165, 1.54) is 17.7 Å². The van der Waals surface area contributed by atoms with E-state index in [-0.39, 0.29) is 11.8 Å². The van der Waals surface area contributed by atoms with E-state index < -0.39 is 0 Å². The lowest BCUT2D eigenvalue weighted by molar-refractivity contribution is 0.173. The van der Waals surface area contributed by atoms with Crippen LogP contribution in [0, 0.1) is 11.7 Å². The van der Waals surface area contributed by atoms with E-state index in [0.29, 0.717) is 5.92 Å². The van der Waals surface area contributed by atoms with Gasteiger partial charge in [0.15, 0.2) is 0 Å². The minimum absolute atomic E-state index is 0.0727. The lowest BCUT2D eigenvalue weighted by Crippen LogP contribution is -2.43. The topological polar surface area (TPSA) is 32.3 Å². The third-order valence-corrected chi connectivity index (χ3v) is 4.62. The van der Waals surface area contributed by atoms with E-state index in [0.717, 1.165) is 37.9 Å². The van der Waals surface area contributed by atoms with Crippen molar-refractivity contribution in [3.63, 3.8) is 0 Å². The second-order valence-corrected chi connectivity index (χ2v) is 6.45. The fourth-order valence-electron chi connectivity index (χ4n) is 3.16. The van der Waals surface area contributed by atoms with Gasteiger partial charge in [-0.2, -0.15) is 0 Å². The highest BCUT2D eigenvalue weighted by atomic mass is 19.1. The van der Waals surface area contributed by atoms with Crippen molar-refractivity contribution in [3.8, 4) is 0 Å². The molecular formula is C21H23FN2O. The molecule has 0 atom stereocenters. The Morgan fingerprint density at radius 2 is 1.76 bits per heavy atom. The van der Waals surface area contributed by atoms with E-state index in [4.69, 9.17) is 0 Å². The zero-order valence-corrected chi connectivity index (χ0v) is 14.2. The second kappa shape index (κ2) is 8.47. The first-order valence-electron chi connectivity index (χ1n) is 8.72. The van der Waals surface area contributed by atoms with Crippen molar-refractivity contribution in [2.75, 3.05) is 13.1 Å². The van der Waals surface area contributed by atoms with Crippen LogP contribution in [0.3, 0.4) is 0 Å². The van der Waals surface area contributed by atoms with Crippen molar-refractivity contribution in [1.29, 1.82) is 0 Å². The Morgan fingerprint density at radius 1 is 1.08 bits per heavy atom. The van der Waals surface area contributed by atoms with Crippen molar-refractivity contribution in [3.05, 3.63) is 77.7 Å². The summed E-state index contributed by atoms with van der Waals surface area (Å²) >= 11 is 0. The summed E-state index contributed by atoms with van der Waals surface area (Å²) in [6.07, 6.45) is 6.53. The fourth-order valence-corrected chi connectivity index (χ4v) is 3.16. The van der Waals surface area contributed by atoms with Gasteiger partial charge in [0.2, 0.25) is 0 Å². The predicted molar refractivity (Wildman–Crippen MR) is 98.4 cm³/mol. The second-order valence-electron chi connectivity index (χ2n) is 6.45. The van der Waals surface area contributed by atoms with E-state index in [1.54, 1.807) is 24.4 Å². The van der Waals surface area contributed by atoms with Crippen LogP contribution in [0.1, 0.15) is 24.0 Å². The van der Waals surface area contributed by atoms with Gasteiger partial charge in [-0.05, 0) is 54.5 Å². The highest BCUT2D eigenvalue weighted by Gasteiger charge is 2.22. The van der Waals surface area contributed by atoms with Crippen molar-refractivity contribution in [1.82, 2.24) is 10.2 Å². The smallest absolute Gasteiger partial charge is 0.321 e. The molecule has 0 saturated carbocycles. The van der Waals surface area contributed by atoms with Gasteiger partial charge in [0.05, 0.1) is 0 Å². The van der Waals surface area contributed by atoms with Gasteiger partial charge in [0.25, 0.3) is 0 Å². The Balaban J connectivity index is 1.43. The molecule has 2 aromatic carbocycles. The quantitative estimate of drug-likeness (QED) is 0.877. The monoisotopic (exact) mass is 338 g/mol. The zero-order chi connectivity index (χ0) is 17.5. The number of nitrogens with zero attached hydrogens (tertiary/aromatic N) is 1. The van der Waals surface area contributed by atoms with Crippen LogP contribution in [0.2, 0.25) is 0 Å². The molecule has 3 rings (SSSR count). The Hall–Kier alpha value is -2.62. The number of halogens is 1. The Bertz CT molecular complexity index is 704. The number of hydrogen-bond donors (Lipinski definition) is 1. The number of hydrogen-bond acceptors (Lipinski definition) is 1. The molecule has 25 heavy (non-hydrogen) atoms. The minimum Gasteiger partial charge on any atom is -0.325 e. The number of rotatable bonds is 4. The normalized spacial score (nSPS) is 15.5. The summed E-state index contributed by atoms with van der Waals surface area (Å²) in [6.45, 7) is 1.57. The summed E-state index contributed by atoms with van der Waals surface area (Å²) in [5.74, 6) is 0.376. The first kappa shape index (κ1) is 17.2. The van der Waals surface area contributed by atoms with Gasteiger partial charge in [0.1, 0.15) is 5.82 Å². The van der Waals surface area contributed by atoms with Gasteiger partial charge in [-0.25, -0.2) is 9.18 Å². The molecule has 1 N–H and O–H groups in total. The van der Waals surface area contributed by atoms with Gasteiger partial charge in [-0.1, -0.05) is 42.5 Å². The van der Waals surface area contributed by atoms with Crippen LogP contribution in [0.25, 0.3) is 6.08 Å². The Kier molecular flexibility index (Phi) is 5.83. The van der Waals surface area contributed by atoms with Crippen LogP contribution in [-0.4, -0.2) is 24.0 Å². The number of nitrogens with one attached hydrogen (secondary N) is 1. The third-order valence-electron chi connectivity index (χ3n) is 4.62. The molecule has 3 nitrogen and oxygen atoms in total. The number of benzene rings is 2. The minimum atomic E-state index is -0.264. The van der Waals surface area contributed by atoms with Crippen LogP contribution in [0.15, 0.2) is 60.8 Å². The van der Waals surface area contributed by atoms with E-state index in [2.05, 4.69) is 29.6 Å². The molecule has 0 aliphatic carbocycles. The van der Waals surface area contributed by atoms with E-state index >= 15 is 0 Å². The van der Waals surface area contributed by atoms with Crippen molar-refractivity contribution >= 4 is 12.1 Å². The fraction of sp³-hybridized carbons (Fsp3) is 0.286. The molecule has 2 amide bonds. The van der Waals surface area contributed by atoms with E-state index in [1.807, 2.05) is 11.0 Å². The number of urea groups is 1. The molecular weight excluding hydrogens is 315 g/mol. The number of carbonyl (C=O) groups is 1. The molecule has 0 bridgehead atoms. The zero-order valence-electron chi connectivity index (χ0n) is 14.2. The third kappa shape index (κ3) is 5.18. The summed E-state index contributed by atoms with van der Waals surface area (Å²) < 4.78 is 12.8. The van der Waals surface area contributed by atoms with Crippen molar-refractivity contribution < 1.29 is 9.18 Å². The molecule has 1 heterocycles. The summed E-state index contributed by atoms with van der Waals surface area (Å²) in [5, 5.41) is 2.79. The summed E-state index contributed by atoms with van der Waals surface area (Å²) in [7, 11) is 0. The maximum absolute atomic E-state index is 12.8. The number of amides is 2. The molecule has 1 fully saturated rings. The Morgan fingerprint density at radius 3 is 2.44 bits per heavy atom. The van der Waals surface area contributed by atoms with Crippen LogP contribution in [0.4, 0.5) is 9.18 Å². The molecule has 1 aliphatic rings. The molecule has 0 radical (unpaired) electrons. The molecule has 1 aliphatic heterocycles. The molecule has 0 unspecified atom stereocenters. The maximum atomic E-state index is 12.8. The lowest BCUT2D eigenvalue weighted by atomic mass is 9.90. The highest BCUT2D eigenvalue weighted by Crippen LogP contribution is 2.21. The summed E-state index contributed by atoms with van der Waals surface area (Å²) in [6, 6.07) is 16.6. The predicted octanol–water partition coefficient (Wildman–Crippen LogP) is 4.46.